The predicted molar refractivity (Wildman–Crippen MR) is 88.2 cm³/mol. The van der Waals surface area contributed by atoms with Crippen LogP contribution in [0.5, 0.6) is 0 Å². The van der Waals surface area contributed by atoms with E-state index < -0.39 is 0 Å². The maximum absolute atomic E-state index is 12.3. The molecule has 3 nitrogen and oxygen atoms in total. The van der Waals surface area contributed by atoms with Gasteiger partial charge in [-0.15, -0.1) is 11.6 Å². The average Bonchev–Trinajstić information content (AvgIpc) is 2.71. The lowest BCUT2D eigenvalue weighted by atomic mass is 9.94. The minimum Gasteiger partial charge on any atom is -0.273 e. The Labute approximate surface area is 135 Å². The fourth-order valence-corrected chi connectivity index (χ4v) is 2.98. The Morgan fingerprint density at radius 2 is 2.10 bits per heavy atom. The normalized spacial score (nSPS) is 17.0. The Kier molecular flexibility index (Phi) is 4.95. The van der Waals surface area contributed by atoms with E-state index in [1.807, 2.05) is 39.0 Å². The van der Waals surface area contributed by atoms with Gasteiger partial charge in [-0.05, 0) is 50.5 Å². The third kappa shape index (κ3) is 3.78. The maximum atomic E-state index is 12.3. The summed E-state index contributed by atoms with van der Waals surface area (Å²) in [6.07, 6.45) is 1.83. The van der Waals surface area contributed by atoms with Crippen LogP contribution < -0.4 is 0 Å². The van der Waals surface area contributed by atoms with E-state index in [1.54, 1.807) is 5.01 Å². The summed E-state index contributed by atoms with van der Waals surface area (Å²) < 4.78 is 0. The van der Waals surface area contributed by atoms with E-state index in [9.17, 15) is 4.79 Å². The van der Waals surface area contributed by atoms with Crippen molar-refractivity contribution >= 4 is 34.8 Å². The van der Waals surface area contributed by atoms with Crippen LogP contribution in [0.4, 0.5) is 0 Å². The highest BCUT2D eigenvalue weighted by Crippen LogP contribution is 2.31. The number of hydrogen-bond donors (Lipinski definition) is 0. The summed E-state index contributed by atoms with van der Waals surface area (Å²) in [6.45, 7) is 6.05. The molecule has 0 fully saturated rings. The fraction of sp³-hybridized carbons (Fsp3) is 0.500. The topological polar surface area (TPSA) is 32.7 Å². The Balaban J connectivity index is 2.27. The van der Waals surface area contributed by atoms with Gasteiger partial charge in [-0.1, -0.05) is 17.7 Å². The van der Waals surface area contributed by atoms with Gasteiger partial charge >= 0.3 is 0 Å². The van der Waals surface area contributed by atoms with Crippen molar-refractivity contribution in [3.05, 3.63) is 34.3 Å². The first kappa shape index (κ1) is 16.3. The minimum absolute atomic E-state index is 0.0226. The van der Waals surface area contributed by atoms with Gasteiger partial charge in [0, 0.05) is 23.7 Å². The van der Waals surface area contributed by atoms with Crippen LogP contribution in [0.1, 0.15) is 44.2 Å². The average molecular weight is 327 g/mol. The van der Waals surface area contributed by atoms with Crippen LogP contribution in [0, 0.1) is 6.92 Å². The second-order valence-electron chi connectivity index (χ2n) is 6.05. The van der Waals surface area contributed by atoms with E-state index >= 15 is 0 Å². The van der Waals surface area contributed by atoms with Crippen LogP contribution in [0.2, 0.25) is 5.02 Å². The van der Waals surface area contributed by atoms with E-state index in [2.05, 4.69) is 5.10 Å². The molecular weight excluding hydrogens is 307 g/mol. The van der Waals surface area contributed by atoms with Crippen molar-refractivity contribution in [2.45, 2.75) is 45.6 Å². The molecule has 0 unspecified atom stereocenters. The van der Waals surface area contributed by atoms with Crippen molar-refractivity contribution in [3.8, 4) is 0 Å². The number of alkyl halides is 1. The Morgan fingerprint density at radius 1 is 1.38 bits per heavy atom. The first-order valence-electron chi connectivity index (χ1n) is 7.07. The molecule has 1 aromatic carbocycles. The molecule has 21 heavy (non-hydrogen) atoms. The van der Waals surface area contributed by atoms with Gasteiger partial charge in [0.25, 0.3) is 0 Å². The Bertz CT molecular complexity index is 561. The lowest BCUT2D eigenvalue weighted by Gasteiger charge is -2.28. The van der Waals surface area contributed by atoms with Crippen LogP contribution in [0.15, 0.2) is 23.3 Å². The molecule has 1 aliphatic rings. The van der Waals surface area contributed by atoms with E-state index in [0.717, 1.165) is 23.3 Å². The van der Waals surface area contributed by atoms with E-state index in [-0.39, 0.29) is 11.4 Å². The SMILES string of the molecule is Cc1cc(Cl)cc(C2=NN(C(=O)CCCCl)C(C)(C)C2)c1. The molecule has 1 heterocycles. The minimum atomic E-state index is -0.311. The third-order valence-corrected chi connectivity index (χ3v) is 4.02. The maximum Gasteiger partial charge on any atom is 0.243 e. The van der Waals surface area contributed by atoms with E-state index in [4.69, 9.17) is 23.2 Å². The molecule has 2 rings (SSSR count). The number of nitrogens with zero attached hydrogens (tertiary/aromatic N) is 2. The molecule has 5 heteroatoms. The number of carbonyl (C=O) groups excluding carboxylic acids is 1. The Hall–Kier alpha value is -1.06. The van der Waals surface area contributed by atoms with Crippen molar-refractivity contribution in [1.29, 1.82) is 0 Å². The first-order chi connectivity index (χ1) is 9.83. The molecule has 1 amide bonds. The van der Waals surface area contributed by atoms with Gasteiger partial charge < -0.3 is 0 Å². The van der Waals surface area contributed by atoms with Crippen molar-refractivity contribution in [2.24, 2.45) is 5.10 Å². The number of benzene rings is 1. The fourth-order valence-electron chi connectivity index (χ4n) is 2.56. The Morgan fingerprint density at radius 3 is 2.71 bits per heavy atom. The summed E-state index contributed by atoms with van der Waals surface area (Å²) in [7, 11) is 0. The van der Waals surface area contributed by atoms with Crippen molar-refractivity contribution in [3.63, 3.8) is 0 Å². The van der Waals surface area contributed by atoms with Crippen LogP contribution in [-0.2, 0) is 4.79 Å². The summed E-state index contributed by atoms with van der Waals surface area (Å²) >= 11 is 11.8. The molecule has 1 aliphatic heterocycles. The van der Waals surface area contributed by atoms with Gasteiger partial charge in [0.05, 0.1) is 11.3 Å². The number of halogens is 2. The highest BCUT2D eigenvalue weighted by molar-refractivity contribution is 6.31. The van der Waals surface area contributed by atoms with Crippen LogP contribution in [0.25, 0.3) is 0 Å². The van der Waals surface area contributed by atoms with Crippen molar-refractivity contribution in [2.75, 3.05) is 5.88 Å². The molecule has 114 valence electrons. The highest BCUT2D eigenvalue weighted by atomic mass is 35.5. The van der Waals surface area contributed by atoms with Gasteiger partial charge in [0.1, 0.15) is 0 Å². The number of amides is 1. The molecule has 0 saturated heterocycles. The summed E-state index contributed by atoms with van der Waals surface area (Å²) in [5.41, 5.74) is 2.67. The number of hydrogen-bond acceptors (Lipinski definition) is 2. The lowest BCUT2D eigenvalue weighted by Crippen LogP contribution is -2.40. The zero-order valence-electron chi connectivity index (χ0n) is 12.6. The predicted octanol–water partition coefficient (Wildman–Crippen LogP) is 4.38. The number of aryl methyl sites for hydroxylation is 1. The first-order valence-corrected chi connectivity index (χ1v) is 7.99. The summed E-state index contributed by atoms with van der Waals surface area (Å²) in [6, 6.07) is 5.86. The molecule has 1 aromatic rings. The number of rotatable bonds is 4. The van der Waals surface area contributed by atoms with Crippen molar-refractivity contribution < 1.29 is 4.79 Å². The third-order valence-electron chi connectivity index (χ3n) is 3.53. The molecular formula is C16H20Cl2N2O. The van der Waals surface area contributed by atoms with Gasteiger partial charge in [-0.25, -0.2) is 5.01 Å². The second-order valence-corrected chi connectivity index (χ2v) is 6.87. The molecule has 0 radical (unpaired) electrons. The quantitative estimate of drug-likeness (QED) is 0.755. The van der Waals surface area contributed by atoms with Gasteiger partial charge in [0.2, 0.25) is 5.91 Å². The van der Waals surface area contributed by atoms with E-state index in [0.29, 0.717) is 23.7 Å². The summed E-state index contributed by atoms with van der Waals surface area (Å²) in [5, 5.41) is 6.84. The molecule has 0 aromatic heterocycles. The summed E-state index contributed by atoms with van der Waals surface area (Å²) in [4.78, 5) is 12.3. The smallest absolute Gasteiger partial charge is 0.243 e. The zero-order valence-corrected chi connectivity index (χ0v) is 14.1. The van der Waals surface area contributed by atoms with Gasteiger partial charge in [0.15, 0.2) is 0 Å². The highest BCUT2D eigenvalue weighted by Gasteiger charge is 2.38. The lowest BCUT2D eigenvalue weighted by molar-refractivity contribution is -0.135. The van der Waals surface area contributed by atoms with Crippen LogP contribution in [0.3, 0.4) is 0 Å². The number of carbonyl (C=O) groups is 1. The summed E-state index contributed by atoms with van der Waals surface area (Å²) in [5.74, 6) is 0.513. The van der Waals surface area contributed by atoms with Gasteiger partial charge in [-0.2, -0.15) is 5.10 Å². The van der Waals surface area contributed by atoms with Crippen molar-refractivity contribution in [1.82, 2.24) is 5.01 Å². The molecule has 0 spiro atoms. The number of hydrazone groups is 1. The van der Waals surface area contributed by atoms with Crippen LogP contribution >= 0.6 is 23.2 Å². The monoisotopic (exact) mass is 326 g/mol. The zero-order chi connectivity index (χ0) is 15.6. The van der Waals surface area contributed by atoms with Gasteiger partial charge in [-0.3, -0.25) is 4.79 Å². The molecule has 0 aliphatic carbocycles. The largest absolute Gasteiger partial charge is 0.273 e. The second kappa shape index (κ2) is 6.37. The van der Waals surface area contributed by atoms with Crippen LogP contribution in [-0.4, -0.2) is 28.0 Å². The van der Waals surface area contributed by atoms with E-state index in [1.165, 1.54) is 0 Å². The molecule has 0 saturated carbocycles. The molecule has 0 bridgehead atoms. The standard InChI is InChI=1S/C16H20Cl2N2O/c1-11-7-12(9-13(18)8-11)14-10-16(2,3)20(19-14)15(21)5-4-6-17/h7-9H,4-6,10H2,1-3H3. The molecule has 0 N–H and O–H groups in total. The molecule has 0 atom stereocenters.